The van der Waals surface area contributed by atoms with Gasteiger partial charge in [-0.25, -0.2) is 23.7 Å². The largest absolute Gasteiger partial charge is 0.383 e. The van der Waals surface area contributed by atoms with Gasteiger partial charge in [0, 0.05) is 6.07 Å². The number of nitrogens with zero attached hydrogens (tertiary/aromatic N) is 5. The standard InChI is InChI=1S/C15H7F4N7/c16-7-3-9-12(23-5-26(9)15(18)19)11(17)6(7)1-2-8-10-13(20)21-4-22-14(10)25-24-8/h3-5,15H,(H3,20,21,22,24,25). The van der Waals surface area contributed by atoms with E-state index in [0.29, 0.717) is 9.95 Å². The van der Waals surface area contributed by atoms with Crippen molar-refractivity contribution in [3.63, 3.8) is 0 Å². The van der Waals surface area contributed by atoms with Crippen LogP contribution in [0.5, 0.6) is 0 Å². The van der Waals surface area contributed by atoms with E-state index in [1.54, 1.807) is 0 Å². The van der Waals surface area contributed by atoms with Gasteiger partial charge in [0.25, 0.3) is 0 Å². The minimum absolute atomic E-state index is 0.0973. The van der Waals surface area contributed by atoms with Gasteiger partial charge in [-0.15, -0.1) is 0 Å². The molecule has 0 fully saturated rings. The van der Waals surface area contributed by atoms with Crippen molar-refractivity contribution in [2.24, 2.45) is 0 Å². The third-order valence-corrected chi connectivity index (χ3v) is 3.66. The number of rotatable bonds is 1. The van der Waals surface area contributed by atoms with Crippen LogP contribution in [0, 0.1) is 23.5 Å². The fourth-order valence-corrected chi connectivity index (χ4v) is 2.46. The zero-order valence-corrected chi connectivity index (χ0v) is 12.6. The van der Waals surface area contributed by atoms with Gasteiger partial charge >= 0.3 is 6.55 Å². The van der Waals surface area contributed by atoms with E-state index in [1.807, 2.05) is 0 Å². The Bertz CT molecular complexity index is 1220. The topological polar surface area (TPSA) is 98.3 Å². The second-order valence-corrected chi connectivity index (χ2v) is 5.15. The molecule has 0 amide bonds. The van der Waals surface area contributed by atoms with E-state index >= 15 is 0 Å². The molecule has 0 aliphatic rings. The van der Waals surface area contributed by atoms with Crippen molar-refractivity contribution in [3.8, 4) is 11.8 Å². The molecular formula is C15H7F4N7. The molecule has 11 heteroatoms. The quantitative estimate of drug-likeness (QED) is 0.401. The predicted octanol–water partition coefficient (Wildman–Crippen LogP) is 2.36. The summed E-state index contributed by atoms with van der Waals surface area (Å²) in [6, 6.07) is 0.754. The highest BCUT2D eigenvalue weighted by Crippen LogP contribution is 2.26. The lowest BCUT2D eigenvalue weighted by atomic mass is 10.1. The maximum absolute atomic E-state index is 14.5. The van der Waals surface area contributed by atoms with Gasteiger partial charge in [-0.2, -0.15) is 13.9 Å². The second kappa shape index (κ2) is 5.69. The molecule has 0 saturated heterocycles. The van der Waals surface area contributed by atoms with Crippen molar-refractivity contribution >= 4 is 27.9 Å². The van der Waals surface area contributed by atoms with Crippen LogP contribution in [0.4, 0.5) is 23.4 Å². The second-order valence-electron chi connectivity index (χ2n) is 5.15. The number of hydrogen-bond donors (Lipinski definition) is 2. The highest BCUT2D eigenvalue weighted by molar-refractivity contribution is 5.90. The summed E-state index contributed by atoms with van der Waals surface area (Å²) in [5.74, 6) is 2.68. The molecule has 0 unspecified atom stereocenters. The first-order valence-corrected chi connectivity index (χ1v) is 7.06. The van der Waals surface area contributed by atoms with Gasteiger partial charge in [0.1, 0.15) is 35.5 Å². The lowest BCUT2D eigenvalue weighted by Gasteiger charge is -2.03. The highest BCUT2D eigenvalue weighted by Gasteiger charge is 2.19. The van der Waals surface area contributed by atoms with Crippen LogP contribution in [0.25, 0.3) is 22.1 Å². The third-order valence-electron chi connectivity index (χ3n) is 3.66. The predicted molar refractivity (Wildman–Crippen MR) is 83.0 cm³/mol. The van der Waals surface area contributed by atoms with Crippen LogP contribution >= 0.6 is 0 Å². The molecule has 3 aromatic heterocycles. The number of aromatic nitrogens is 6. The Hall–Kier alpha value is -3.68. The van der Waals surface area contributed by atoms with E-state index in [0.717, 1.165) is 12.4 Å². The molecule has 26 heavy (non-hydrogen) atoms. The Labute approximate surface area is 141 Å². The van der Waals surface area contributed by atoms with Crippen molar-refractivity contribution in [2.45, 2.75) is 6.55 Å². The van der Waals surface area contributed by atoms with Crippen molar-refractivity contribution < 1.29 is 17.6 Å². The zero-order valence-electron chi connectivity index (χ0n) is 12.6. The van der Waals surface area contributed by atoms with Gasteiger partial charge in [-0.05, 0) is 5.92 Å². The molecule has 0 saturated carbocycles. The SMILES string of the molecule is Nc1ncnc2n[nH]c(C#Cc3c(F)cc4c(ncn4C(F)F)c3F)c12. The summed E-state index contributed by atoms with van der Waals surface area (Å²) >= 11 is 0. The summed E-state index contributed by atoms with van der Waals surface area (Å²) in [5, 5.41) is 6.72. The summed E-state index contributed by atoms with van der Waals surface area (Å²) < 4.78 is 54.7. The minimum atomic E-state index is -2.98. The Balaban J connectivity index is 1.87. The Morgan fingerprint density at radius 3 is 2.73 bits per heavy atom. The van der Waals surface area contributed by atoms with E-state index in [9.17, 15) is 17.6 Å². The summed E-state index contributed by atoms with van der Waals surface area (Å²) in [7, 11) is 0. The van der Waals surface area contributed by atoms with E-state index in [4.69, 9.17) is 5.73 Å². The van der Waals surface area contributed by atoms with Gasteiger partial charge < -0.3 is 5.73 Å². The van der Waals surface area contributed by atoms with E-state index in [-0.39, 0.29) is 22.7 Å². The number of aromatic amines is 1. The van der Waals surface area contributed by atoms with Crippen LogP contribution in [0.15, 0.2) is 18.7 Å². The average Bonchev–Trinajstić information content (AvgIpc) is 3.19. The molecule has 0 bridgehead atoms. The lowest BCUT2D eigenvalue weighted by Crippen LogP contribution is -1.98. The number of hydrogen-bond acceptors (Lipinski definition) is 5. The van der Waals surface area contributed by atoms with Gasteiger partial charge in [0.2, 0.25) is 0 Å². The first-order valence-electron chi connectivity index (χ1n) is 7.06. The Kier molecular flexibility index (Phi) is 3.47. The number of benzene rings is 1. The molecule has 0 atom stereocenters. The fourth-order valence-electron chi connectivity index (χ4n) is 2.46. The Morgan fingerprint density at radius 1 is 1.15 bits per heavy atom. The first-order chi connectivity index (χ1) is 12.5. The molecule has 130 valence electrons. The van der Waals surface area contributed by atoms with E-state index < -0.39 is 29.3 Å². The molecule has 0 radical (unpaired) electrons. The maximum atomic E-state index is 14.5. The van der Waals surface area contributed by atoms with Crippen LogP contribution in [-0.2, 0) is 0 Å². The van der Waals surface area contributed by atoms with E-state index in [2.05, 4.69) is 37.0 Å². The zero-order chi connectivity index (χ0) is 18.4. The number of H-pyrrole nitrogens is 1. The molecule has 4 aromatic rings. The van der Waals surface area contributed by atoms with Crippen molar-refractivity contribution in [3.05, 3.63) is 41.6 Å². The average molecular weight is 361 g/mol. The molecular weight excluding hydrogens is 354 g/mol. The molecule has 4 rings (SSSR count). The van der Waals surface area contributed by atoms with Crippen LogP contribution < -0.4 is 5.73 Å². The molecule has 1 aromatic carbocycles. The molecule has 0 spiro atoms. The number of nitrogens with two attached hydrogens (primary N) is 1. The number of nitrogens with one attached hydrogen (secondary N) is 1. The first kappa shape index (κ1) is 15.8. The van der Waals surface area contributed by atoms with Crippen LogP contribution in [0.3, 0.4) is 0 Å². The number of nitrogen functional groups attached to an aromatic ring is 1. The van der Waals surface area contributed by atoms with Crippen molar-refractivity contribution in [1.29, 1.82) is 0 Å². The smallest absolute Gasteiger partial charge is 0.320 e. The number of anilines is 1. The monoisotopic (exact) mass is 361 g/mol. The number of halogens is 4. The molecule has 3 heterocycles. The van der Waals surface area contributed by atoms with E-state index in [1.165, 1.54) is 6.33 Å². The van der Waals surface area contributed by atoms with Crippen molar-refractivity contribution in [1.82, 2.24) is 29.7 Å². The number of fused-ring (bicyclic) bond motifs is 2. The van der Waals surface area contributed by atoms with Crippen LogP contribution in [-0.4, -0.2) is 29.7 Å². The molecule has 3 N–H and O–H groups in total. The van der Waals surface area contributed by atoms with Gasteiger partial charge in [-0.3, -0.25) is 9.67 Å². The minimum Gasteiger partial charge on any atom is -0.383 e. The summed E-state index contributed by atoms with van der Waals surface area (Å²) in [6.07, 6.45) is 1.94. The van der Waals surface area contributed by atoms with Crippen LogP contribution in [0.1, 0.15) is 17.8 Å². The van der Waals surface area contributed by atoms with Gasteiger partial charge in [0.15, 0.2) is 11.5 Å². The van der Waals surface area contributed by atoms with Crippen molar-refractivity contribution in [2.75, 3.05) is 5.73 Å². The highest BCUT2D eigenvalue weighted by atomic mass is 19.3. The normalized spacial score (nSPS) is 11.3. The summed E-state index contributed by atoms with van der Waals surface area (Å²) in [5.41, 5.74) is 4.74. The molecule has 0 aliphatic carbocycles. The summed E-state index contributed by atoms with van der Waals surface area (Å²) in [6.45, 7) is -2.98. The van der Waals surface area contributed by atoms with Gasteiger partial charge in [0.05, 0.1) is 16.5 Å². The summed E-state index contributed by atoms with van der Waals surface area (Å²) in [4.78, 5) is 11.2. The maximum Gasteiger partial charge on any atom is 0.320 e. The third kappa shape index (κ3) is 2.31. The number of imidazole rings is 1. The fraction of sp³-hybridized carbons (Fsp3) is 0.0667. The lowest BCUT2D eigenvalue weighted by molar-refractivity contribution is 0.0745. The number of alkyl halides is 2. The van der Waals surface area contributed by atoms with Crippen LogP contribution in [0.2, 0.25) is 0 Å². The molecule has 0 aliphatic heterocycles. The molecule has 7 nitrogen and oxygen atoms in total. The Morgan fingerprint density at radius 2 is 1.96 bits per heavy atom. The van der Waals surface area contributed by atoms with Gasteiger partial charge in [-0.1, -0.05) is 5.92 Å².